The van der Waals surface area contributed by atoms with Crippen LogP contribution >= 0.6 is 0 Å². The Morgan fingerprint density at radius 1 is 1.00 bits per heavy atom. The van der Waals surface area contributed by atoms with Gasteiger partial charge < -0.3 is 5.32 Å². The van der Waals surface area contributed by atoms with Crippen LogP contribution in [0.25, 0.3) is 0 Å². The van der Waals surface area contributed by atoms with Gasteiger partial charge in [0.25, 0.3) is 0 Å². The van der Waals surface area contributed by atoms with E-state index >= 15 is 0 Å². The van der Waals surface area contributed by atoms with Crippen molar-refractivity contribution in [3.63, 3.8) is 0 Å². The second-order valence-electron chi connectivity index (χ2n) is 9.91. The molecule has 3 aliphatic carbocycles. The molecular weight excluding hydrogens is 314 g/mol. The summed E-state index contributed by atoms with van der Waals surface area (Å²) in [6.45, 7) is 15.4. The summed E-state index contributed by atoms with van der Waals surface area (Å²) in [7, 11) is 0. The fraction of sp³-hybridized carbons (Fsp3) is 0.760. The van der Waals surface area contributed by atoms with Gasteiger partial charge in [0.05, 0.1) is 0 Å². The highest BCUT2D eigenvalue weighted by molar-refractivity contribution is 5.60. The fourth-order valence-corrected chi connectivity index (χ4v) is 7.53. The molecule has 0 amide bonds. The number of benzene rings is 1. The predicted octanol–water partition coefficient (Wildman–Crippen LogP) is 6.67. The topological polar surface area (TPSA) is 12.0 Å². The summed E-state index contributed by atoms with van der Waals surface area (Å²) in [5, 5.41) is 3.59. The van der Waals surface area contributed by atoms with Crippen LogP contribution in [-0.2, 0) is 12.8 Å². The van der Waals surface area contributed by atoms with Crippen LogP contribution in [0.2, 0.25) is 0 Å². The van der Waals surface area contributed by atoms with Gasteiger partial charge in [0.15, 0.2) is 0 Å². The first-order valence-electron chi connectivity index (χ1n) is 11.4. The van der Waals surface area contributed by atoms with Gasteiger partial charge in [0.1, 0.15) is 0 Å². The molecule has 1 aliphatic heterocycles. The maximum absolute atomic E-state index is 3.59. The van der Waals surface area contributed by atoms with E-state index in [-0.39, 0.29) is 0 Å². The SMILES string of the molecule is CC.CC1C[C@]2(C)C(C)C(C)CC2C2CCc3cc4c(cc3C12)CCN4. The lowest BCUT2D eigenvalue weighted by Gasteiger charge is -2.53. The van der Waals surface area contributed by atoms with Crippen molar-refractivity contribution in [2.24, 2.45) is 35.0 Å². The predicted molar refractivity (Wildman–Crippen MR) is 113 cm³/mol. The Labute approximate surface area is 161 Å². The van der Waals surface area contributed by atoms with Crippen LogP contribution in [0.15, 0.2) is 12.1 Å². The van der Waals surface area contributed by atoms with E-state index in [1.165, 1.54) is 37.8 Å². The van der Waals surface area contributed by atoms with Gasteiger partial charge in [-0.25, -0.2) is 0 Å². The number of hydrogen-bond donors (Lipinski definition) is 1. The molecule has 0 spiro atoms. The summed E-state index contributed by atoms with van der Waals surface area (Å²) < 4.78 is 0. The average Bonchev–Trinajstić information content (AvgIpc) is 3.18. The summed E-state index contributed by atoms with van der Waals surface area (Å²) in [6, 6.07) is 5.12. The third kappa shape index (κ3) is 2.49. The van der Waals surface area contributed by atoms with Gasteiger partial charge in [0, 0.05) is 12.2 Å². The lowest BCUT2D eigenvalue weighted by Crippen LogP contribution is -2.45. The molecular formula is C25H39N. The molecule has 144 valence electrons. The highest BCUT2D eigenvalue weighted by Gasteiger charge is 2.57. The molecule has 1 aromatic rings. The molecule has 1 heterocycles. The first-order valence-corrected chi connectivity index (χ1v) is 11.4. The highest BCUT2D eigenvalue weighted by Crippen LogP contribution is 2.65. The molecule has 1 aromatic carbocycles. The molecule has 0 saturated heterocycles. The summed E-state index contributed by atoms with van der Waals surface area (Å²) in [6.07, 6.45) is 6.89. The first-order chi connectivity index (χ1) is 12.5. The first kappa shape index (κ1) is 18.4. The number of anilines is 1. The molecule has 1 N–H and O–H groups in total. The lowest BCUT2D eigenvalue weighted by atomic mass is 9.51. The Bertz CT molecular complexity index is 677. The highest BCUT2D eigenvalue weighted by atomic mass is 14.9. The standard InChI is InChI=1S/C23H33N.C2H6/c1-13-9-20-18-6-5-16-11-21-17(7-8-24-21)10-19(16)22(18)14(2)12-23(20,4)15(13)3;1-2/h10-11,13-15,18,20,22,24H,5-9,12H2,1-4H3;1-2H3/t13?,14?,15?,18?,20?,22?,23-;/m1./s1. The van der Waals surface area contributed by atoms with Crippen molar-refractivity contribution in [2.45, 2.75) is 79.6 Å². The Kier molecular flexibility index (Phi) is 4.65. The van der Waals surface area contributed by atoms with Crippen molar-refractivity contribution in [1.29, 1.82) is 0 Å². The van der Waals surface area contributed by atoms with E-state index in [9.17, 15) is 0 Å². The minimum absolute atomic E-state index is 0.593. The Balaban J connectivity index is 0.000000814. The number of hydrogen-bond acceptors (Lipinski definition) is 1. The van der Waals surface area contributed by atoms with Crippen LogP contribution in [0.3, 0.4) is 0 Å². The minimum Gasteiger partial charge on any atom is -0.384 e. The number of rotatable bonds is 0. The molecule has 1 nitrogen and oxygen atoms in total. The Morgan fingerprint density at radius 3 is 2.54 bits per heavy atom. The molecule has 1 heteroatoms. The van der Waals surface area contributed by atoms with E-state index in [2.05, 4.69) is 45.1 Å². The van der Waals surface area contributed by atoms with Crippen LogP contribution in [0.5, 0.6) is 0 Å². The monoisotopic (exact) mass is 353 g/mol. The second-order valence-corrected chi connectivity index (χ2v) is 9.91. The second kappa shape index (κ2) is 6.57. The molecule has 5 rings (SSSR count). The maximum atomic E-state index is 3.59. The van der Waals surface area contributed by atoms with Gasteiger partial charge >= 0.3 is 0 Å². The third-order valence-electron chi connectivity index (χ3n) is 8.90. The van der Waals surface area contributed by atoms with E-state index in [4.69, 9.17) is 0 Å². The summed E-state index contributed by atoms with van der Waals surface area (Å²) in [4.78, 5) is 0. The van der Waals surface area contributed by atoms with Gasteiger partial charge in [-0.05, 0) is 95.8 Å². The lowest BCUT2D eigenvalue weighted by molar-refractivity contribution is -0.000267. The fourth-order valence-electron chi connectivity index (χ4n) is 7.53. The Morgan fingerprint density at radius 2 is 1.77 bits per heavy atom. The minimum atomic E-state index is 0.593. The third-order valence-corrected chi connectivity index (χ3v) is 8.90. The molecule has 26 heavy (non-hydrogen) atoms. The number of fused-ring (bicyclic) bond motifs is 6. The van der Waals surface area contributed by atoms with E-state index in [1.807, 2.05) is 13.8 Å². The van der Waals surface area contributed by atoms with Gasteiger partial charge in [-0.2, -0.15) is 0 Å². The molecule has 0 aromatic heterocycles. The van der Waals surface area contributed by atoms with Crippen molar-refractivity contribution in [2.75, 3.05) is 11.9 Å². The van der Waals surface area contributed by atoms with E-state index < -0.39 is 0 Å². The molecule has 2 saturated carbocycles. The van der Waals surface area contributed by atoms with E-state index in [0.717, 1.165) is 42.1 Å². The molecule has 7 atom stereocenters. The largest absolute Gasteiger partial charge is 0.384 e. The van der Waals surface area contributed by atoms with Crippen LogP contribution in [0.1, 0.15) is 83.4 Å². The van der Waals surface area contributed by atoms with Crippen molar-refractivity contribution in [3.05, 3.63) is 28.8 Å². The molecule has 2 fully saturated rings. The zero-order chi connectivity index (χ0) is 18.6. The number of nitrogens with one attached hydrogen (secondary N) is 1. The smallest absolute Gasteiger partial charge is 0.0376 e. The van der Waals surface area contributed by atoms with Gasteiger partial charge in [-0.15, -0.1) is 0 Å². The van der Waals surface area contributed by atoms with Crippen molar-refractivity contribution in [3.8, 4) is 0 Å². The summed E-state index contributed by atoms with van der Waals surface area (Å²) in [5.41, 5.74) is 7.02. The van der Waals surface area contributed by atoms with Gasteiger partial charge in [-0.1, -0.05) is 47.6 Å². The zero-order valence-electron chi connectivity index (χ0n) is 17.9. The molecule has 4 aliphatic rings. The van der Waals surface area contributed by atoms with Crippen LogP contribution < -0.4 is 5.32 Å². The molecule has 6 unspecified atom stereocenters. The maximum Gasteiger partial charge on any atom is 0.0376 e. The van der Waals surface area contributed by atoms with Crippen molar-refractivity contribution in [1.82, 2.24) is 0 Å². The summed E-state index contributed by atoms with van der Waals surface area (Å²) >= 11 is 0. The van der Waals surface area contributed by atoms with E-state index in [0.29, 0.717) is 5.41 Å². The van der Waals surface area contributed by atoms with Crippen LogP contribution in [-0.4, -0.2) is 6.54 Å². The van der Waals surface area contributed by atoms with Crippen molar-refractivity contribution < 1.29 is 0 Å². The zero-order valence-corrected chi connectivity index (χ0v) is 17.9. The van der Waals surface area contributed by atoms with Crippen molar-refractivity contribution >= 4 is 5.69 Å². The number of aryl methyl sites for hydroxylation is 1. The molecule has 0 radical (unpaired) electrons. The Hall–Kier alpha value is -0.980. The van der Waals surface area contributed by atoms with E-state index in [1.54, 1.807) is 16.7 Å². The van der Waals surface area contributed by atoms with Gasteiger partial charge in [-0.3, -0.25) is 0 Å². The summed E-state index contributed by atoms with van der Waals surface area (Å²) in [5.74, 6) is 5.38. The quantitative estimate of drug-likeness (QED) is 0.549. The normalized spacial score (nSPS) is 42.5. The molecule has 0 bridgehead atoms. The average molecular weight is 354 g/mol. The van der Waals surface area contributed by atoms with Crippen LogP contribution in [0, 0.1) is 35.0 Å². The van der Waals surface area contributed by atoms with Gasteiger partial charge in [0.2, 0.25) is 0 Å². The van der Waals surface area contributed by atoms with Crippen LogP contribution in [0.4, 0.5) is 5.69 Å².